The minimum Gasteiger partial charge on any atom is -0.464 e. The molecule has 25 heavy (non-hydrogen) atoms. The molecular formula is C18H17NO4S2. The summed E-state index contributed by atoms with van der Waals surface area (Å²) in [6.45, 7) is 0. The highest BCUT2D eigenvalue weighted by Crippen LogP contribution is 2.41. The lowest BCUT2D eigenvalue weighted by Crippen LogP contribution is -2.49. The summed E-state index contributed by atoms with van der Waals surface area (Å²) >= 11 is 3.34. The van der Waals surface area contributed by atoms with E-state index in [-0.39, 0.29) is 17.7 Å². The van der Waals surface area contributed by atoms with Crippen LogP contribution in [0.5, 0.6) is 0 Å². The molecule has 3 heterocycles. The molecule has 0 saturated carbocycles. The molecule has 1 aromatic carbocycles. The average Bonchev–Trinajstić information content (AvgIpc) is 2.91. The fourth-order valence-corrected chi connectivity index (χ4v) is 5.56. The molecule has 5 nitrogen and oxygen atoms in total. The van der Waals surface area contributed by atoms with Crippen LogP contribution in [0.4, 0.5) is 0 Å². The standard InChI is InChI=1S/C18H17NO4S2/c1-23-18(22)17-10(6-11-7-16(21)19(11)17)9-25-12-2-3-13-14(20)4-5-24-15(13)8-12/h2-3,8,11H,4-7,9H2,1H3/t11-/m1/s1. The van der Waals surface area contributed by atoms with Crippen LogP contribution in [0.15, 0.2) is 39.3 Å². The number of hydrogen-bond donors (Lipinski definition) is 0. The fraction of sp³-hybridized carbons (Fsp3) is 0.389. The third kappa shape index (κ3) is 2.89. The second-order valence-corrected chi connectivity index (χ2v) is 8.42. The number of methoxy groups -OCH3 is 1. The van der Waals surface area contributed by atoms with Crippen LogP contribution in [0.2, 0.25) is 0 Å². The highest BCUT2D eigenvalue weighted by atomic mass is 32.2. The Balaban J connectivity index is 1.53. The summed E-state index contributed by atoms with van der Waals surface area (Å²) in [5, 5.41) is 0. The van der Waals surface area contributed by atoms with Crippen LogP contribution >= 0.6 is 23.5 Å². The van der Waals surface area contributed by atoms with E-state index >= 15 is 0 Å². The van der Waals surface area contributed by atoms with Crippen LogP contribution in [0.3, 0.4) is 0 Å². The molecule has 3 aliphatic rings. The monoisotopic (exact) mass is 375 g/mol. The fourth-order valence-electron chi connectivity index (χ4n) is 3.47. The zero-order chi connectivity index (χ0) is 17.6. The maximum absolute atomic E-state index is 12.1. The lowest BCUT2D eigenvalue weighted by Gasteiger charge is -2.35. The van der Waals surface area contributed by atoms with E-state index in [4.69, 9.17) is 4.74 Å². The smallest absolute Gasteiger partial charge is 0.354 e. The van der Waals surface area contributed by atoms with Gasteiger partial charge in [-0.25, -0.2) is 4.79 Å². The van der Waals surface area contributed by atoms with Crippen molar-refractivity contribution in [3.05, 3.63) is 35.0 Å². The molecule has 4 rings (SSSR count). The third-order valence-corrected chi connectivity index (χ3v) is 6.87. The van der Waals surface area contributed by atoms with Gasteiger partial charge in [0, 0.05) is 45.7 Å². The number of carbonyl (C=O) groups excluding carboxylic acids is 3. The Morgan fingerprint density at radius 3 is 2.96 bits per heavy atom. The Morgan fingerprint density at radius 1 is 1.36 bits per heavy atom. The van der Waals surface area contributed by atoms with E-state index < -0.39 is 5.97 Å². The van der Waals surface area contributed by atoms with E-state index in [2.05, 4.69) is 6.07 Å². The topological polar surface area (TPSA) is 63.7 Å². The first-order valence-electron chi connectivity index (χ1n) is 8.13. The number of thioether (sulfide) groups is 2. The Bertz CT molecular complexity index is 817. The lowest BCUT2D eigenvalue weighted by atomic mass is 10.0. The Hall–Kier alpha value is -1.73. The quantitative estimate of drug-likeness (QED) is 0.458. The van der Waals surface area contributed by atoms with Crippen molar-refractivity contribution in [2.45, 2.75) is 35.1 Å². The third-order valence-electron chi connectivity index (χ3n) is 4.73. The summed E-state index contributed by atoms with van der Waals surface area (Å²) in [6.07, 6.45) is 1.85. The number of ketones is 1. The molecule has 0 N–H and O–H groups in total. The highest BCUT2D eigenvalue weighted by molar-refractivity contribution is 8.00. The molecule has 7 heteroatoms. The van der Waals surface area contributed by atoms with Gasteiger partial charge in [0.2, 0.25) is 5.91 Å². The minimum absolute atomic E-state index is 0.00547. The van der Waals surface area contributed by atoms with Crippen LogP contribution < -0.4 is 0 Å². The van der Waals surface area contributed by atoms with E-state index in [1.54, 1.807) is 28.4 Å². The highest BCUT2D eigenvalue weighted by Gasteiger charge is 2.47. The molecule has 0 bridgehead atoms. The first-order valence-corrected chi connectivity index (χ1v) is 10.1. The number of β-lactam (4-membered cyclic amide) rings is 1. The van der Waals surface area contributed by atoms with Gasteiger partial charge in [-0.3, -0.25) is 9.59 Å². The van der Waals surface area contributed by atoms with Crippen LogP contribution in [0, 0.1) is 0 Å². The molecule has 1 atom stereocenters. The van der Waals surface area contributed by atoms with Gasteiger partial charge in [-0.05, 0) is 30.2 Å². The number of benzene rings is 1. The number of rotatable bonds is 4. The molecule has 130 valence electrons. The molecule has 1 amide bonds. The number of hydrogen-bond acceptors (Lipinski definition) is 6. The van der Waals surface area contributed by atoms with Gasteiger partial charge in [-0.1, -0.05) is 0 Å². The average molecular weight is 375 g/mol. The summed E-state index contributed by atoms with van der Waals surface area (Å²) in [7, 11) is 1.34. The second kappa shape index (κ2) is 6.53. The van der Waals surface area contributed by atoms with Crippen molar-refractivity contribution in [2.24, 2.45) is 0 Å². The maximum Gasteiger partial charge on any atom is 0.354 e. The van der Waals surface area contributed by atoms with E-state index in [0.717, 1.165) is 33.1 Å². The molecule has 0 aliphatic carbocycles. The Labute approximate surface area is 154 Å². The number of fused-ring (bicyclic) bond motifs is 2. The molecule has 0 unspecified atom stereocenters. The van der Waals surface area contributed by atoms with E-state index in [9.17, 15) is 14.4 Å². The van der Waals surface area contributed by atoms with Crippen molar-refractivity contribution < 1.29 is 19.1 Å². The predicted molar refractivity (Wildman–Crippen MR) is 95.7 cm³/mol. The molecule has 0 radical (unpaired) electrons. The number of esters is 1. The number of nitrogens with zero attached hydrogens (tertiary/aromatic N) is 1. The van der Waals surface area contributed by atoms with Crippen molar-refractivity contribution in [3.8, 4) is 0 Å². The molecule has 0 spiro atoms. The van der Waals surface area contributed by atoms with Crippen LogP contribution in [0.25, 0.3) is 0 Å². The summed E-state index contributed by atoms with van der Waals surface area (Å²) in [5.74, 6) is 1.24. The van der Waals surface area contributed by atoms with Crippen molar-refractivity contribution in [3.63, 3.8) is 0 Å². The van der Waals surface area contributed by atoms with Gasteiger partial charge in [0.05, 0.1) is 7.11 Å². The normalized spacial score (nSPS) is 21.8. The molecule has 1 fully saturated rings. The van der Waals surface area contributed by atoms with E-state index in [0.29, 0.717) is 24.3 Å². The SMILES string of the molecule is COC(=O)C1=C(CSc2ccc3c(c2)SCCC3=O)C[C@@H]2CC(=O)N12. The van der Waals surface area contributed by atoms with Gasteiger partial charge < -0.3 is 9.64 Å². The largest absolute Gasteiger partial charge is 0.464 e. The van der Waals surface area contributed by atoms with Gasteiger partial charge in [0.1, 0.15) is 5.70 Å². The van der Waals surface area contributed by atoms with Crippen LogP contribution in [0.1, 0.15) is 29.6 Å². The van der Waals surface area contributed by atoms with E-state index in [1.165, 1.54) is 7.11 Å². The lowest BCUT2D eigenvalue weighted by molar-refractivity contribution is -0.148. The molecule has 1 aromatic rings. The zero-order valence-electron chi connectivity index (χ0n) is 13.7. The minimum atomic E-state index is -0.433. The first-order chi connectivity index (χ1) is 12.1. The van der Waals surface area contributed by atoms with Crippen molar-refractivity contribution >= 4 is 41.2 Å². The zero-order valence-corrected chi connectivity index (χ0v) is 15.4. The number of amides is 1. The predicted octanol–water partition coefficient (Wildman–Crippen LogP) is 2.89. The Kier molecular flexibility index (Phi) is 4.37. The second-order valence-electron chi connectivity index (χ2n) is 6.24. The molecular weight excluding hydrogens is 358 g/mol. The molecule has 0 aromatic heterocycles. The number of ether oxygens (including phenoxy) is 1. The summed E-state index contributed by atoms with van der Waals surface area (Å²) < 4.78 is 4.86. The van der Waals surface area contributed by atoms with Crippen molar-refractivity contribution in [1.29, 1.82) is 0 Å². The van der Waals surface area contributed by atoms with Crippen LogP contribution in [-0.4, -0.2) is 47.2 Å². The first kappa shape index (κ1) is 16.7. The van der Waals surface area contributed by atoms with Crippen molar-refractivity contribution in [2.75, 3.05) is 18.6 Å². The molecule has 1 saturated heterocycles. The van der Waals surface area contributed by atoms with Gasteiger partial charge in [0.25, 0.3) is 0 Å². The van der Waals surface area contributed by atoms with Gasteiger partial charge >= 0.3 is 5.97 Å². The van der Waals surface area contributed by atoms with Crippen molar-refractivity contribution in [1.82, 2.24) is 4.90 Å². The summed E-state index contributed by atoms with van der Waals surface area (Å²) in [6, 6.07) is 6.02. The van der Waals surface area contributed by atoms with Crippen LogP contribution in [-0.2, 0) is 14.3 Å². The van der Waals surface area contributed by atoms with Gasteiger partial charge in [-0.2, -0.15) is 0 Å². The maximum atomic E-state index is 12.1. The summed E-state index contributed by atoms with van der Waals surface area (Å²) in [4.78, 5) is 39.5. The Morgan fingerprint density at radius 2 is 2.20 bits per heavy atom. The number of Topliss-reactive ketones (excluding diaryl/α,β-unsaturated/α-hetero) is 1. The molecule has 3 aliphatic heterocycles. The number of carbonyl (C=O) groups is 3. The summed E-state index contributed by atoms with van der Waals surface area (Å²) in [5.41, 5.74) is 2.21. The van der Waals surface area contributed by atoms with E-state index in [1.807, 2.05) is 12.1 Å². The van der Waals surface area contributed by atoms with Gasteiger partial charge in [0.15, 0.2) is 5.78 Å². The van der Waals surface area contributed by atoms with Gasteiger partial charge in [-0.15, -0.1) is 23.5 Å².